The maximum Gasteiger partial charge on any atom is 0.0958 e. The van der Waals surface area contributed by atoms with Crippen molar-refractivity contribution in [3.63, 3.8) is 0 Å². The first-order valence-corrected chi connectivity index (χ1v) is 4.77. The zero-order valence-electron chi connectivity index (χ0n) is 7.70. The third kappa shape index (κ3) is 2.73. The molecule has 0 amide bonds. The van der Waals surface area contributed by atoms with E-state index in [4.69, 9.17) is 15.6 Å². The minimum absolute atomic E-state index is 0.0431. The fraction of sp³-hybridized carbons (Fsp3) is 1.00. The van der Waals surface area contributed by atoms with Gasteiger partial charge in [0, 0.05) is 12.6 Å². The van der Waals surface area contributed by atoms with Crippen molar-refractivity contribution < 1.29 is 9.84 Å². The zero-order chi connectivity index (χ0) is 8.97. The third-order valence-corrected chi connectivity index (χ3v) is 2.31. The van der Waals surface area contributed by atoms with Gasteiger partial charge in [-0.05, 0) is 25.2 Å². The summed E-state index contributed by atoms with van der Waals surface area (Å²) in [5.74, 6) is 0.596. The lowest BCUT2D eigenvalue weighted by Gasteiger charge is -2.21. The van der Waals surface area contributed by atoms with Crippen LogP contribution in [0.5, 0.6) is 0 Å². The molecule has 12 heavy (non-hydrogen) atoms. The van der Waals surface area contributed by atoms with Crippen LogP contribution in [0.2, 0.25) is 0 Å². The molecule has 0 aliphatic heterocycles. The number of nitrogens with two attached hydrogens (primary N) is 1. The topological polar surface area (TPSA) is 55.5 Å². The Morgan fingerprint density at radius 3 is 2.67 bits per heavy atom. The van der Waals surface area contributed by atoms with Crippen molar-refractivity contribution in [2.24, 2.45) is 11.7 Å². The van der Waals surface area contributed by atoms with Crippen LogP contribution in [-0.2, 0) is 4.74 Å². The van der Waals surface area contributed by atoms with Gasteiger partial charge in [0.05, 0.1) is 12.7 Å². The molecule has 2 unspecified atom stereocenters. The minimum atomic E-state index is -0.141. The van der Waals surface area contributed by atoms with Crippen LogP contribution < -0.4 is 5.73 Å². The molecule has 3 heteroatoms. The molecule has 1 aliphatic rings. The summed E-state index contributed by atoms with van der Waals surface area (Å²) in [6.45, 7) is 2.81. The van der Waals surface area contributed by atoms with Gasteiger partial charge in [0.25, 0.3) is 0 Å². The van der Waals surface area contributed by atoms with Gasteiger partial charge in [-0.1, -0.05) is 6.92 Å². The number of aliphatic hydroxyl groups is 1. The number of rotatable bonds is 6. The molecule has 0 radical (unpaired) electrons. The van der Waals surface area contributed by atoms with Gasteiger partial charge in [-0.3, -0.25) is 0 Å². The third-order valence-electron chi connectivity index (χ3n) is 2.31. The second-order valence-corrected chi connectivity index (χ2v) is 3.51. The van der Waals surface area contributed by atoms with E-state index < -0.39 is 0 Å². The Balaban J connectivity index is 2.22. The lowest BCUT2D eigenvalue weighted by Crippen LogP contribution is -2.41. The van der Waals surface area contributed by atoms with E-state index in [2.05, 4.69) is 6.92 Å². The van der Waals surface area contributed by atoms with E-state index >= 15 is 0 Å². The highest BCUT2D eigenvalue weighted by Gasteiger charge is 2.33. The first-order valence-electron chi connectivity index (χ1n) is 4.77. The van der Waals surface area contributed by atoms with E-state index in [0.717, 1.165) is 6.42 Å². The maximum absolute atomic E-state index is 8.99. The second-order valence-electron chi connectivity index (χ2n) is 3.51. The molecule has 1 saturated carbocycles. The Labute approximate surface area is 73.9 Å². The summed E-state index contributed by atoms with van der Waals surface area (Å²) in [6.07, 6.45) is 3.24. The molecule has 72 valence electrons. The van der Waals surface area contributed by atoms with Crippen molar-refractivity contribution in [1.29, 1.82) is 0 Å². The standard InChI is InChI=1S/C9H19NO2/c1-2-5-12-8(6-11)9(10)7-3-4-7/h7-9,11H,2-6,10H2,1H3. The number of hydrogen-bond acceptors (Lipinski definition) is 3. The van der Waals surface area contributed by atoms with Crippen molar-refractivity contribution in [2.75, 3.05) is 13.2 Å². The molecule has 0 aromatic heterocycles. The first-order chi connectivity index (χ1) is 5.79. The van der Waals surface area contributed by atoms with Gasteiger partial charge in [0.2, 0.25) is 0 Å². The summed E-state index contributed by atoms with van der Waals surface area (Å²) in [5, 5.41) is 8.99. The second kappa shape index (κ2) is 4.80. The molecule has 3 nitrogen and oxygen atoms in total. The van der Waals surface area contributed by atoms with Crippen LogP contribution in [0.1, 0.15) is 26.2 Å². The fourth-order valence-electron chi connectivity index (χ4n) is 1.34. The Kier molecular flexibility index (Phi) is 3.98. The van der Waals surface area contributed by atoms with E-state index in [1.807, 2.05) is 0 Å². The fourth-order valence-corrected chi connectivity index (χ4v) is 1.34. The molecule has 0 bridgehead atoms. The summed E-state index contributed by atoms with van der Waals surface area (Å²) < 4.78 is 5.43. The molecule has 0 aromatic rings. The van der Waals surface area contributed by atoms with Gasteiger partial charge in [0.15, 0.2) is 0 Å². The molecule has 1 aliphatic carbocycles. The van der Waals surface area contributed by atoms with Crippen molar-refractivity contribution in [1.82, 2.24) is 0 Å². The predicted molar refractivity (Wildman–Crippen MR) is 47.8 cm³/mol. The Bertz CT molecular complexity index is 126. The van der Waals surface area contributed by atoms with Gasteiger partial charge in [-0.25, -0.2) is 0 Å². The molecule has 0 heterocycles. The Morgan fingerprint density at radius 2 is 2.25 bits per heavy atom. The van der Waals surface area contributed by atoms with E-state index in [1.165, 1.54) is 12.8 Å². The molecule has 1 rings (SSSR count). The lowest BCUT2D eigenvalue weighted by atomic mass is 10.1. The van der Waals surface area contributed by atoms with E-state index in [-0.39, 0.29) is 18.8 Å². The molecule has 3 N–H and O–H groups in total. The SMILES string of the molecule is CCCOC(CO)C(N)C1CC1. The number of hydrogen-bond donors (Lipinski definition) is 2. The van der Waals surface area contributed by atoms with Gasteiger partial charge in [-0.2, -0.15) is 0 Å². The first kappa shape index (κ1) is 9.96. The molecule has 1 fully saturated rings. The number of aliphatic hydroxyl groups excluding tert-OH is 1. The van der Waals surface area contributed by atoms with Crippen LogP contribution in [0, 0.1) is 5.92 Å². The normalized spacial score (nSPS) is 22.2. The molecule has 0 spiro atoms. The van der Waals surface area contributed by atoms with E-state index in [1.54, 1.807) is 0 Å². The van der Waals surface area contributed by atoms with Gasteiger partial charge < -0.3 is 15.6 Å². The van der Waals surface area contributed by atoms with Crippen LogP contribution in [0.3, 0.4) is 0 Å². The van der Waals surface area contributed by atoms with Gasteiger partial charge in [0.1, 0.15) is 0 Å². The molecular formula is C9H19NO2. The summed E-state index contributed by atoms with van der Waals surface area (Å²) in [5.41, 5.74) is 5.89. The van der Waals surface area contributed by atoms with Crippen molar-refractivity contribution in [2.45, 2.75) is 38.3 Å². The zero-order valence-corrected chi connectivity index (χ0v) is 7.70. The van der Waals surface area contributed by atoms with Crippen LogP contribution in [-0.4, -0.2) is 30.5 Å². The van der Waals surface area contributed by atoms with Crippen LogP contribution >= 0.6 is 0 Å². The highest BCUT2D eigenvalue weighted by molar-refractivity contribution is 4.89. The van der Waals surface area contributed by atoms with Gasteiger partial charge >= 0.3 is 0 Å². The summed E-state index contributed by atoms with van der Waals surface area (Å²) >= 11 is 0. The summed E-state index contributed by atoms with van der Waals surface area (Å²) in [6, 6.07) is 0.0431. The lowest BCUT2D eigenvalue weighted by molar-refractivity contribution is -0.00609. The number of ether oxygens (including phenoxy) is 1. The monoisotopic (exact) mass is 173 g/mol. The maximum atomic E-state index is 8.99. The average Bonchev–Trinajstić information content (AvgIpc) is 2.88. The van der Waals surface area contributed by atoms with Crippen molar-refractivity contribution in [3.05, 3.63) is 0 Å². The highest BCUT2D eigenvalue weighted by atomic mass is 16.5. The van der Waals surface area contributed by atoms with Crippen molar-refractivity contribution in [3.8, 4) is 0 Å². The van der Waals surface area contributed by atoms with Crippen LogP contribution in [0.15, 0.2) is 0 Å². The van der Waals surface area contributed by atoms with E-state index in [0.29, 0.717) is 12.5 Å². The summed E-state index contributed by atoms with van der Waals surface area (Å²) in [4.78, 5) is 0. The van der Waals surface area contributed by atoms with E-state index in [9.17, 15) is 0 Å². The highest BCUT2D eigenvalue weighted by Crippen LogP contribution is 2.33. The van der Waals surface area contributed by atoms with Crippen LogP contribution in [0.4, 0.5) is 0 Å². The largest absolute Gasteiger partial charge is 0.394 e. The summed E-state index contributed by atoms with van der Waals surface area (Å²) in [7, 11) is 0. The van der Waals surface area contributed by atoms with Crippen LogP contribution in [0.25, 0.3) is 0 Å². The molecular weight excluding hydrogens is 154 g/mol. The smallest absolute Gasteiger partial charge is 0.0958 e. The molecule has 0 aromatic carbocycles. The molecule has 0 saturated heterocycles. The Morgan fingerprint density at radius 1 is 1.58 bits per heavy atom. The Hall–Kier alpha value is -0.120. The quantitative estimate of drug-likeness (QED) is 0.615. The van der Waals surface area contributed by atoms with Gasteiger partial charge in [-0.15, -0.1) is 0 Å². The molecule has 2 atom stereocenters. The minimum Gasteiger partial charge on any atom is -0.394 e. The van der Waals surface area contributed by atoms with Crippen molar-refractivity contribution >= 4 is 0 Å². The average molecular weight is 173 g/mol. The predicted octanol–water partition coefficient (Wildman–Crippen LogP) is 0.511.